The van der Waals surface area contributed by atoms with Crippen molar-refractivity contribution in [3.05, 3.63) is 47.5 Å². The van der Waals surface area contributed by atoms with E-state index < -0.39 is 17.8 Å². The van der Waals surface area contributed by atoms with Gasteiger partial charge < -0.3 is 33.5 Å². The van der Waals surface area contributed by atoms with Crippen molar-refractivity contribution in [1.29, 1.82) is 0 Å². The molecule has 0 bridgehead atoms. The number of rotatable bonds is 12. The molecule has 0 fully saturated rings. The van der Waals surface area contributed by atoms with E-state index in [9.17, 15) is 9.90 Å². The van der Waals surface area contributed by atoms with Crippen LogP contribution in [0.5, 0.6) is 23.0 Å². The summed E-state index contributed by atoms with van der Waals surface area (Å²) in [6.45, 7) is 0.154. The number of fused-ring (bicyclic) bond motifs is 1. The molecular formula is C23H28O8. The lowest BCUT2D eigenvalue weighted by molar-refractivity contribution is -0.145. The quantitative estimate of drug-likeness (QED) is 0.403. The Morgan fingerprint density at radius 2 is 1.74 bits per heavy atom. The van der Waals surface area contributed by atoms with Crippen LogP contribution < -0.4 is 18.9 Å². The third kappa shape index (κ3) is 5.80. The molecular weight excluding hydrogens is 404 g/mol. The second-order valence-electron chi connectivity index (χ2n) is 7.06. The van der Waals surface area contributed by atoms with Crippen molar-refractivity contribution >= 4 is 5.97 Å². The summed E-state index contributed by atoms with van der Waals surface area (Å²) >= 11 is 0. The van der Waals surface area contributed by atoms with Gasteiger partial charge in [-0.2, -0.15) is 0 Å². The van der Waals surface area contributed by atoms with E-state index in [1.165, 1.54) is 14.2 Å². The van der Waals surface area contributed by atoms with Gasteiger partial charge in [-0.05, 0) is 54.2 Å². The molecule has 1 aliphatic rings. The highest BCUT2D eigenvalue weighted by molar-refractivity contribution is 5.71. The van der Waals surface area contributed by atoms with Gasteiger partial charge in [-0.15, -0.1) is 0 Å². The standard InChI is InChI=1S/C23H28O8/c1-26-13-29-12-17(8-15-4-6-19(27-2)21(10-15)28-3)18(23(24)25)9-16-5-7-20-22(11-16)31-14-30-20/h4-7,10-11,17-18H,8-9,12-14H2,1-3H3,(H,24,25)/t17-,18+/m0/s1/i18D. The fourth-order valence-corrected chi connectivity index (χ4v) is 3.51. The largest absolute Gasteiger partial charge is 0.493 e. The van der Waals surface area contributed by atoms with E-state index in [0.29, 0.717) is 28.6 Å². The number of methoxy groups -OCH3 is 3. The van der Waals surface area contributed by atoms with E-state index in [1.54, 1.807) is 37.4 Å². The third-order valence-electron chi connectivity index (χ3n) is 5.05. The summed E-state index contributed by atoms with van der Waals surface area (Å²) in [6, 6.07) is 10.6. The zero-order valence-electron chi connectivity index (χ0n) is 18.9. The van der Waals surface area contributed by atoms with Gasteiger partial charge in [0.2, 0.25) is 6.79 Å². The molecule has 168 valence electrons. The number of carbonyl (C=O) groups is 1. The first kappa shape index (κ1) is 21.3. The third-order valence-corrected chi connectivity index (χ3v) is 5.05. The Morgan fingerprint density at radius 3 is 2.45 bits per heavy atom. The van der Waals surface area contributed by atoms with Crippen molar-refractivity contribution < 1.29 is 39.7 Å². The van der Waals surface area contributed by atoms with Crippen LogP contribution in [0.4, 0.5) is 0 Å². The van der Waals surface area contributed by atoms with Crippen LogP contribution in [0.15, 0.2) is 36.4 Å². The van der Waals surface area contributed by atoms with Crippen LogP contribution in [-0.4, -0.2) is 52.6 Å². The Kier molecular flexibility index (Phi) is 7.46. The van der Waals surface area contributed by atoms with Crippen molar-refractivity contribution in [3.63, 3.8) is 0 Å². The van der Waals surface area contributed by atoms with Crippen LogP contribution in [0.25, 0.3) is 0 Å². The van der Waals surface area contributed by atoms with Crippen molar-refractivity contribution in [1.82, 2.24) is 0 Å². The van der Waals surface area contributed by atoms with E-state index in [2.05, 4.69) is 0 Å². The molecule has 0 spiro atoms. The number of benzene rings is 2. The number of hydrogen-bond acceptors (Lipinski definition) is 7. The van der Waals surface area contributed by atoms with Crippen molar-refractivity contribution in [2.24, 2.45) is 11.8 Å². The first-order chi connectivity index (χ1) is 15.4. The molecule has 31 heavy (non-hydrogen) atoms. The Labute approximate surface area is 183 Å². The topological polar surface area (TPSA) is 92.7 Å². The summed E-state index contributed by atoms with van der Waals surface area (Å²) < 4.78 is 40.8. The molecule has 2 atom stereocenters. The van der Waals surface area contributed by atoms with Crippen molar-refractivity contribution in [2.75, 3.05) is 41.5 Å². The maximum Gasteiger partial charge on any atom is 0.307 e. The van der Waals surface area contributed by atoms with Gasteiger partial charge in [0.1, 0.15) is 6.79 Å². The molecule has 0 saturated carbocycles. The Morgan fingerprint density at radius 1 is 1.03 bits per heavy atom. The SMILES string of the molecule is [2H][C@](Cc1ccc2c(c1)OCO2)(C(=O)O)[C@H](COCOC)Cc1ccc(OC)c(OC)c1. The van der Waals surface area contributed by atoms with Crippen LogP contribution in [0, 0.1) is 11.8 Å². The van der Waals surface area contributed by atoms with Crippen LogP contribution in [-0.2, 0) is 27.1 Å². The molecule has 0 aromatic heterocycles. The highest BCUT2D eigenvalue weighted by atomic mass is 16.7. The van der Waals surface area contributed by atoms with Crippen LogP contribution in [0.3, 0.4) is 0 Å². The average Bonchev–Trinajstić information content (AvgIpc) is 3.26. The van der Waals surface area contributed by atoms with E-state index in [0.717, 1.165) is 5.56 Å². The highest BCUT2D eigenvalue weighted by Crippen LogP contribution is 2.35. The molecule has 0 amide bonds. The fraction of sp³-hybridized carbons (Fsp3) is 0.435. The molecule has 2 aromatic carbocycles. The first-order valence-corrected chi connectivity index (χ1v) is 9.80. The van der Waals surface area contributed by atoms with E-state index in [1.807, 2.05) is 6.07 Å². The number of ether oxygens (including phenoxy) is 6. The smallest absolute Gasteiger partial charge is 0.307 e. The summed E-state index contributed by atoms with van der Waals surface area (Å²) in [6.07, 6.45) is 0.248. The summed E-state index contributed by atoms with van der Waals surface area (Å²) in [7, 11) is 4.57. The molecule has 0 unspecified atom stereocenters. The fourth-order valence-electron chi connectivity index (χ4n) is 3.51. The molecule has 1 N–H and O–H groups in total. The van der Waals surface area contributed by atoms with Crippen LogP contribution >= 0.6 is 0 Å². The van der Waals surface area contributed by atoms with Crippen molar-refractivity contribution in [2.45, 2.75) is 12.8 Å². The number of aliphatic carboxylic acids is 1. The van der Waals surface area contributed by atoms with Gasteiger partial charge in [0.15, 0.2) is 23.0 Å². The number of carboxylic acid groups (broad SMARTS) is 1. The van der Waals surface area contributed by atoms with Crippen LogP contribution in [0.1, 0.15) is 12.5 Å². The molecule has 1 heterocycles. The molecule has 0 saturated heterocycles. The van der Waals surface area contributed by atoms with Crippen LogP contribution in [0.2, 0.25) is 0 Å². The lowest BCUT2D eigenvalue weighted by atomic mass is 9.83. The molecule has 1 aliphatic heterocycles. The zero-order valence-corrected chi connectivity index (χ0v) is 17.9. The van der Waals surface area contributed by atoms with E-state index in [-0.39, 0.29) is 33.0 Å². The van der Waals surface area contributed by atoms with E-state index in [4.69, 9.17) is 29.8 Å². The summed E-state index contributed by atoms with van der Waals surface area (Å²) in [4.78, 5) is 12.4. The van der Waals surface area contributed by atoms with Crippen molar-refractivity contribution in [3.8, 4) is 23.0 Å². The maximum absolute atomic E-state index is 12.4. The minimum Gasteiger partial charge on any atom is -0.493 e. The van der Waals surface area contributed by atoms with E-state index >= 15 is 0 Å². The molecule has 2 aromatic rings. The number of hydrogen-bond donors (Lipinski definition) is 1. The molecule has 8 nitrogen and oxygen atoms in total. The van der Waals surface area contributed by atoms with Gasteiger partial charge in [-0.3, -0.25) is 4.79 Å². The lowest BCUT2D eigenvalue weighted by Gasteiger charge is -2.25. The Hall–Kier alpha value is -2.97. The molecule has 3 rings (SSSR count). The van der Waals surface area contributed by atoms with Gasteiger partial charge in [-0.25, -0.2) is 0 Å². The van der Waals surface area contributed by atoms with Gasteiger partial charge in [0.25, 0.3) is 0 Å². The Bertz CT molecular complexity index is 934. The molecule has 0 aliphatic carbocycles. The molecule has 8 heteroatoms. The normalized spacial score (nSPS) is 15.6. The average molecular weight is 433 g/mol. The Balaban J connectivity index is 1.90. The monoisotopic (exact) mass is 433 g/mol. The second kappa shape index (κ2) is 10.9. The zero-order chi connectivity index (χ0) is 23.1. The number of carboxylic acids is 1. The summed E-state index contributed by atoms with van der Waals surface area (Å²) in [5, 5.41) is 10.1. The van der Waals surface area contributed by atoms with Gasteiger partial charge in [0, 0.05) is 8.48 Å². The van der Waals surface area contributed by atoms with Gasteiger partial charge >= 0.3 is 5.97 Å². The predicted molar refractivity (Wildman–Crippen MR) is 112 cm³/mol. The van der Waals surface area contributed by atoms with Gasteiger partial charge in [-0.1, -0.05) is 12.1 Å². The second-order valence-corrected chi connectivity index (χ2v) is 7.06. The maximum atomic E-state index is 12.4. The minimum atomic E-state index is -1.87. The first-order valence-electron chi connectivity index (χ1n) is 10.3. The lowest BCUT2D eigenvalue weighted by Crippen LogP contribution is -2.31. The minimum absolute atomic E-state index is 0.00214. The highest BCUT2D eigenvalue weighted by Gasteiger charge is 2.30. The van der Waals surface area contributed by atoms with Gasteiger partial charge in [0.05, 0.1) is 26.7 Å². The predicted octanol–water partition coefficient (Wildman–Crippen LogP) is 3.16. The summed E-state index contributed by atoms with van der Waals surface area (Å²) in [5.41, 5.74) is 1.47. The molecule has 0 radical (unpaired) electrons. The summed E-state index contributed by atoms with van der Waals surface area (Å²) in [5.74, 6) is -1.54.